The molecule has 0 saturated carbocycles. The predicted octanol–water partition coefficient (Wildman–Crippen LogP) is 7.34. The van der Waals surface area contributed by atoms with Crippen molar-refractivity contribution in [3.8, 4) is 0 Å². The Balaban J connectivity index is 0. The molecule has 0 amide bonds. The summed E-state index contributed by atoms with van der Waals surface area (Å²) in [5.41, 5.74) is 0. The third kappa shape index (κ3) is 6.19. The Labute approximate surface area is 156 Å². The van der Waals surface area contributed by atoms with E-state index in [1.54, 1.807) is 3.88 Å². The first kappa shape index (κ1) is 26.0. The summed E-state index contributed by atoms with van der Waals surface area (Å²) in [5, 5.41) is 10.6. The summed E-state index contributed by atoms with van der Waals surface area (Å²) in [6, 6.07) is 0. The maximum atomic E-state index is 2.82. The van der Waals surface area contributed by atoms with Gasteiger partial charge in [0.1, 0.15) is 0 Å². The maximum Gasteiger partial charge on any atom is -0.147 e. The van der Waals surface area contributed by atoms with Gasteiger partial charge in [-0.2, -0.15) is 0 Å². The van der Waals surface area contributed by atoms with Crippen LogP contribution in [0.15, 0.2) is 22.1 Å². The fourth-order valence-corrected chi connectivity index (χ4v) is 10.4. The summed E-state index contributed by atoms with van der Waals surface area (Å²) in [7, 11) is 0. The molecule has 0 bridgehead atoms. The minimum Gasteiger partial charge on any atom is -0.147 e. The van der Waals surface area contributed by atoms with Gasteiger partial charge in [0.05, 0.1) is 0 Å². The van der Waals surface area contributed by atoms with Crippen LogP contribution in [0.3, 0.4) is 0 Å². The summed E-state index contributed by atoms with van der Waals surface area (Å²) in [5.74, 6) is 0. The second-order valence-electron chi connectivity index (χ2n) is 10.0. The third-order valence-electron chi connectivity index (χ3n) is 6.27. The van der Waals surface area contributed by atoms with E-state index in [9.17, 15) is 0 Å². The Morgan fingerprint density at radius 1 is 1.00 bits per heavy atom. The fraction of sp³-hybridized carbons (Fsp3) is 0.789. The van der Waals surface area contributed by atoms with Crippen molar-refractivity contribution in [2.75, 3.05) is 13.1 Å². The number of allylic oxidation sites excluding steroid dienone is 4. The Bertz CT molecular complexity index is 411. The minimum absolute atomic E-state index is 0. The molecule has 1 atom stereocenters. The van der Waals surface area contributed by atoms with Crippen LogP contribution in [0, 0.1) is 0 Å². The third-order valence-corrected chi connectivity index (χ3v) is 17.9. The zero-order valence-corrected chi connectivity index (χ0v) is 19.7. The molecule has 0 aliphatic heterocycles. The molecule has 1 aliphatic carbocycles. The molecule has 0 aromatic carbocycles. The van der Waals surface area contributed by atoms with E-state index in [0.717, 1.165) is 0 Å². The quantitative estimate of drug-likeness (QED) is 0.365. The van der Waals surface area contributed by atoms with Crippen molar-refractivity contribution in [2.45, 2.75) is 78.1 Å². The smallest absolute Gasteiger partial charge is 0.147 e. The first-order chi connectivity index (χ1) is 9.56. The molecule has 4 heteroatoms. The molecule has 0 aromatic heterocycles. The molecule has 0 aromatic rings. The van der Waals surface area contributed by atoms with Gasteiger partial charge < -0.3 is 0 Å². The maximum absolute atomic E-state index is 3.18. The van der Waals surface area contributed by atoms with E-state index in [2.05, 4.69) is 64.8 Å². The van der Waals surface area contributed by atoms with Crippen molar-refractivity contribution in [3.63, 3.8) is 0 Å². The summed E-state index contributed by atoms with van der Waals surface area (Å²) in [6.07, 6.45) is 13.5. The van der Waals surface area contributed by atoms with Crippen molar-refractivity contribution in [2.24, 2.45) is 0 Å². The van der Waals surface area contributed by atoms with Crippen molar-refractivity contribution in [3.05, 3.63) is 22.1 Å². The molecule has 0 spiro atoms. The second kappa shape index (κ2) is 8.90. The molecule has 23 heavy (non-hydrogen) atoms. The average Bonchev–Trinajstić information content (AvgIpc) is 2.93. The molecule has 0 fully saturated rings. The number of rotatable bonds is 9. The molecule has 1 aliphatic rings. The fourth-order valence-electron chi connectivity index (χ4n) is 3.61. The van der Waals surface area contributed by atoms with Gasteiger partial charge in [-0.25, -0.2) is 0 Å². The number of hydrogen-bond donors (Lipinski definition) is 0. The molecular formula is C19H41Cl2NTi. The average molecular weight is 402 g/mol. The van der Waals surface area contributed by atoms with Crippen LogP contribution in [0.2, 0.25) is 20.9 Å². The first-order valence-electron chi connectivity index (χ1n) is 9.14. The number of halogens is 2. The van der Waals surface area contributed by atoms with Gasteiger partial charge in [-0.1, -0.05) is 0 Å². The predicted molar refractivity (Wildman–Crippen MR) is 111 cm³/mol. The molecule has 1 nitrogen and oxygen atoms in total. The standard InChI is InChI=1S/C10H22N.C5H5.4CH3.2ClH.Ti/c1-4-7-9-11(6-3)10-8-5-2;1-2-4-5-3-1;;;;;;;/h6H,4-5,7-10H2,1-3H3;1-3H,4H2;4*1H3;2*1H;. The van der Waals surface area contributed by atoms with Gasteiger partial charge in [0.25, 0.3) is 0 Å². The van der Waals surface area contributed by atoms with E-state index >= 15 is 0 Å². The summed E-state index contributed by atoms with van der Waals surface area (Å²) < 4.78 is 2.45. The molecule has 0 N–H and O–H groups in total. The van der Waals surface area contributed by atoms with Gasteiger partial charge in [-0.3, -0.25) is 0 Å². The molecule has 1 unspecified atom stereocenters. The van der Waals surface area contributed by atoms with E-state index in [4.69, 9.17) is 0 Å². The topological polar surface area (TPSA) is 3.24 Å². The Morgan fingerprint density at radius 2 is 1.48 bits per heavy atom. The summed E-state index contributed by atoms with van der Waals surface area (Å²) >= 11 is -3.18. The van der Waals surface area contributed by atoms with Gasteiger partial charge in [0.15, 0.2) is 0 Å². The number of unbranched alkanes of at least 4 members (excludes halogenated alkanes) is 2. The van der Waals surface area contributed by atoms with Crippen molar-refractivity contribution in [1.29, 1.82) is 0 Å². The van der Waals surface area contributed by atoms with E-state index < -0.39 is 14.0 Å². The molecule has 1 rings (SSSR count). The molecule has 0 saturated heterocycles. The molecular weight excluding hydrogens is 361 g/mol. The normalized spacial score (nSPS) is 18.5. The van der Waals surface area contributed by atoms with Crippen LogP contribution in [0.25, 0.3) is 0 Å². The largest absolute Gasteiger partial charge is 0.147 e. The summed E-state index contributed by atoms with van der Waals surface area (Å²) in [4.78, 5) is 2.82. The van der Waals surface area contributed by atoms with E-state index in [1.807, 2.05) is 0 Å². The summed E-state index contributed by atoms with van der Waals surface area (Å²) in [6.45, 7) is 9.68. The van der Waals surface area contributed by atoms with E-state index in [0.29, 0.717) is 4.35 Å². The van der Waals surface area contributed by atoms with Crippen LogP contribution in [0.5, 0.6) is 0 Å². The van der Waals surface area contributed by atoms with Crippen molar-refractivity contribution in [1.82, 2.24) is 4.90 Å². The SMILES string of the molecule is CCCCN(CCCC)[CH](C)[Ti]([CH3])([CH3])([CH3])([CH3])[C]1=CC=CC1.Cl.Cl. The van der Waals surface area contributed by atoms with Crippen LogP contribution in [0.1, 0.15) is 52.9 Å². The number of nitrogens with zero attached hydrogens (tertiary/aromatic N) is 1. The van der Waals surface area contributed by atoms with Crippen molar-refractivity contribution >= 4 is 24.8 Å². The minimum atomic E-state index is -3.18. The number of hydrogen-bond acceptors (Lipinski definition) is 1. The molecule has 0 radical (unpaired) electrons. The molecule has 0 heterocycles. The van der Waals surface area contributed by atoms with Crippen LogP contribution in [-0.4, -0.2) is 22.3 Å². The first-order valence-corrected chi connectivity index (χ1v) is 17.1. The van der Waals surface area contributed by atoms with Crippen LogP contribution < -0.4 is 0 Å². The van der Waals surface area contributed by atoms with Gasteiger partial charge in [0, 0.05) is 0 Å². The second-order valence-corrected chi connectivity index (χ2v) is 28.9. The van der Waals surface area contributed by atoms with Crippen molar-refractivity contribution < 1.29 is 14.0 Å². The zero-order valence-electron chi connectivity index (χ0n) is 16.5. The van der Waals surface area contributed by atoms with Gasteiger partial charge in [-0.05, 0) is 0 Å². The van der Waals surface area contributed by atoms with E-state index in [-0.39, 0.29) is 24.8 Å². The van der Waals surface area contributed by atoms with E-state index in [1.165, 1.54) is 45.2 Å². The van der Waals surface area contributed by atoms with Crippen LogP contribution >= 0.6 is 24.8 Å². The van der Waals surface area contributed by atoms with Gasteiger partial charge in [0.2, 0.25) is 0 Å². The van der Waals surface area contributed by atoms with Gasteiger partial charge >= 0.3 is 132 Å². The molecule has 140 valence electrons. The Morgan fingerprint density at radius 3 is 1.83 bits per heavy atom. The monoisotopic (exact) mass is 401 g/mol. The van der Waals surface area contributed by atoms with Crippen LogP contribution in [-0.2, 0) is 14.0 Å². The zero-order chi connectivity index (χ0) is 16.2. The Kier molecular flexibility index (Phi) is 10.1. The Hall–Kier alpha value is 0.734. The van der Waals surface area contributed by atoms with Gasteiger partial charge in [-0.15, -0.1) is 24.8 Å². The van der Waals surface area contributed by atoms with Crippen LogP contribution in [0.4, 0.5) is 0 Å².